The minimum atomic E-state index is -1.59. The Labute approximate surface area is 180 Å². The van der Waals surface area contributed by atoms with E-state index in [-0.39, 0.29) is 11.3 Å². The van der Waals surface area contributed by atoms with Gasteiger partial charge in [0.15, 0.2) is 18.2 Å². The zero-order valence-corrected chi connectivity index (χ0v) is 18.7. The summed E-state index contributed by atoms with van der Waals surface area (Å²) < 4.78 is 36.4. The number of aliphatic hydroxyl groups is 1. The molecule has 6 aliphatic rings. The summed E-state index contributed by atoms with van der Waals surface area (Å²) in [7, 11) is 3.03. The third-order valence-corrected chi connectivity index (χ3v) is 9.61. The molecule has 0 bridgehead atoms. The first-order chi connectivity index (χ1) is 14.5. The van der Waals surface area contributed by atoms with Gasteiger partial charge in [-0.3, -0.25) is 4.79 Å². The van der Waals surface area contributed by atoms with E-state index in [4.69, 9.17) is 28.4 Å². The van der Waals surface area contributed by atoms with Crippen molar-refractivity contribution >= 4 is 11.9 Å². The highest BCUT2D eigenvalue weighted by atomic mass is 16.8. The van der Waals surface area contributed by atoms with Gasteiger partial charge in [0.25, 0.3) is 0 Å². The van der Waals surface area contributed by atoms with Crippen molar-refractivity contribution in [1.82, 2.24) is 0 Å². The van der Waals surface area contributed by atoms with Gasteiger partial charge in [0.1, 0.15) is 18.3 Å². The molecule has 0 aromatic carbocycles. The van der Waals surface area contributed by atoms with Gasteiger partial charge < -0.3 is 33.5 Å². The fourth-order valence-corrected chi connectivity index (χ4v) is 8.91. The average molecular weight is 438 g/mol. The van der Waals surface area contributed by atoms with Crippen LogP contribution in [0.25, 0.3) is 0 Å². The van der Waals surface area contributed by atoms with Crippen molar-refractivity contribution in [1.29, 1.82) is 0 Å². The van der Waals surface area contributed by atoms with E-state index < -0.39 is 70.8 Å². The monoisotopic (exact) mass is 438 g/mol. The summed E-state index contributed by atoms with van der Waals surface area (Å²) in [5.74, 6) is -1.74. The number of methoxy groups -OCH3 is 2. The summed E-state index contributed by atoms with van der Waals surface area (Å²) in [5, 5.41) is 10.8. The molecule has 2 spiro atoms. The quantitative estimate of drug-likeness (QED) is 0.625. The van der Waals surface area contributed by atoms with Gasteiger partial charge in [0, 0.05) is 20.6 Å². The number of rotatable bonds is 2. The predicted octanol–water partition coefficient (Wildman–Crippen LogP) is 0.760. The number of aliphatic hydroxyl groups excluding tert-OH is 1. The second kappa shape index (κ2) is 5.44. The van der Waals surface area contributed by atoms with E-state index in [0.29, 0.717) is 12.8 Å². The Hall–Kier alpha value is -1.26. The van der Waals surface area contributed by atoms with Crippen LogP contribution < -0.4 is 0 Å². The molecule has 9 nitrogen and oxygen atoms in total. The second-order valence-corrected chi connectivity index (χ2v) is 11.1. The molecular weight excluding hydrogens is 408 g/mol. The van der Waals surface area contributed by atoms with E-state index in [1.807, 2.05) is 0 Å². The molecular formula is C22H30O9. The molecule has 0 radical (unpaired) electrons. The van der Waals surface area contributed by atoms with Gasteiger partial charge in [0.2, 0.25) is 5.60 Å². The SMILES string of the molecule is CO[C@H]1[C@@H](O)OC2OC34C(=O)OC5CC(C(C)(C)C)C21C53CC1OC(=O)[C@@H](C)[C@@]14OC. The summed E-state index contributed by atoms with van der Waals surface area (Å²) in [6.07, 6.45) is -3.08. The molecule has 1 N–H and O–H groups in total. The maximum Gasteiger partial charge on any atom is 0.342 e. The molecule has 7 unspecified atom stereocenters. The number of carbonyl (C=O) groups excluding carboxylic acids is 2. The largest absolute Gasteiger partial charge is 0.459 e. The van der Waals surface area contributed by atoms with Crippen molar-refractivity contribution < 1.29 is 43.1 Å². The van der Waals surface area contributed by atoms with Crippen LogP contribution >= 0.6 is 0 Å². The molecule has 0 aromatic rings. The van der Waals surface area contributed by atoms with Gasteiger partial charge in [-0.2, -0.15) is 0 Å². The highest BCUT2D eigenvalue weighted by Gasteiger charge is 3.01. The lowest BCUT2D eigenvalue weighted by Gasteiger charge is -2.49. The fourth-order valence-electron chi connectivity index (χ4n) is 8.91. The first kappa shape index (κ1) is 20.4. The summed E-state index contributed by atoms with van der Waals surface area (Å²) in [6.45, 7) is 8.10. The molecule has 6 rings (SSSR count). The van der Waals surface area contributed by atoms with Crippen LogP contribution in [0, 0.1) is 28.1 Å². The highest BCUT2D eigenvalue weighted by molar-refractivity contribution is 5.92. The minimum Gasteiger partial charge on any atom is -0.459 e. The maximum absolute atomic E-state index is 13.7. The van der Waals surface area contributed by atoms with Crippen LogP contribution in [-0.4, -0.2) is 73.4 Å². The Balaban J connectivity index is 1.69. The van der Waals surface area contributed by atoms with Crippen molar-refractivity contribution in [3.8, 4) is 0 Å². The molecule has 11 atom stereocenters. The summed E-state index contributed by atoms with van der Waals surface area (Å²) in [4.78, 5) is 26.4. The van der Waals surface area contributed by atoms with Crippen LogP contribution in [0.3, 0.4) is 0 Å². The standard InChI is InChI=1S/C22H30O9/c1-9-14(23)28-12-8-19-11-7-10(18(2,3)4)20(19)13(26-5)15(24)30-17(20)31-22(19,16(25)29-11)21(9,12)27-6/h9-13,15,17,24H,7-8H2,1-6H3/t9-,10?,11?,12?,13+,15+,17?,19?,20?,21-,22?/m1/s1. The minimum absolute atomic E-state index is 0.0502. The molecule has 4 heterocycles. The Kier molecular flexibility index (Phi) is 3.57. The van der Waals surface area contributed by atoms with Gasteiger partial charge in [-0.05, 0) is 24.7 Å². The van der Waals surface area contributed by atoms with Gasteiger partial charge in [-0.25, -0.2) is 4.79 Å². The summed E-state index contributed by atoms with van der Waals surface area (Å²) in [6, 6.07) is 0. The number of ether oxygens (including phenoxy) is 6. The van der Waals surface area contributed by atoms with Crippen LogP contribution in [0.5, 0.6) is 0 Å². The average Bonchev–Trinajstić information content (AvgIpc) is 3.39. The first-order valence-electron chi connectivity index (χ1n) is 11.0. The van der Waals surface area contributed by atoms with E-state index in [1.165, 1.54) is 7.11 Å². The first-order valence-corrected chi connectivity index (χ1v) is 11.0. The van der Waals surface area contributed by atoms with Crippen LogP contribution in [0.15, 0.2) is 0 Å². The second-order valence-electron chi connectivity index (χ2n) is 11.1. The van der Waals surface area contributed by atoms with E-state index in [1.54, 1.807) is 14.0 Å². The zero-order valence-electron chi connectivity index (χ0n) is 18.7. The summed E-state index contributed by atoms with van der Waals surface area (Å²) >= 11 is 0. The van der Waals surface area contributed by atoms with Crippen LogP contribution in [0.2, 0.25) is 0 Å². The van der Waals surface area contributed by atoms with Crippen molar-refractivity contribution in [3.05, 3.63) is 0 Å². The predicted molar refractivity (Wildman–Crippen MR) is 101 cm³/mol. The maximum atomic E-state index is 13.7. The van der Waals surface area contributed by atoms with E-state index in [9.17, 15) is 14.7 Å². The third-order valence-electron chi connectivity index (χ3n) is 9.61. The smallest absolute Gasteiger partial charge is 0.342 e. The molecule has 4 aliphatic heterocycles. The lowest BCUT2D eigenvalue weighted by Crippen LogP contribution is -2.67. The summed E-state index contributed by atoms with van der Waals surface area (Å²) in [5.41, 5.74) is -4.96. The lowest BCUT2D eigenvalue weighted by molar-refractivity contribution is -0.268. The van der Waals surface area contributed by atoms with E-state index >= 15 is 0 Å². The molecule has 6 fully saturated rings. The Morgan fingerprint density at radius 1 is 1.13 bits per heavy atom. The molecule has 2 saturated carbocycles. The van der Waals surface area contributed by atoms with Crippen molar-refractivity contribution in [2.45, 2.75) is 82.6 Å². The Morgan fingerprint density at radius 3 is 2.45 bits per heavy atom. The van der Waals surface area contributed by atoms with Gasteiger partial charge in [-0.15, -0.1) is 0 Å². The van der Waals surface area contributed by atoms with Crippen molar-refractivity contribution in [3.63, 3.8) is 0 Å². The zero-order chi connectivity index (χ0) is 22.4. The number of hydrogen-bond donors (Lipinski definition) is 1. The Morgan fingerprint density at radius 2 is 1.84 bits per heavy atom. The van der Waals surface area contributed by atoms with Crippen molar-refractivity contribution in [2.75, 3.05) is 14.2 Å². The van der Waals surface area contributed by atoms with E-state index in [0.717, 1.165) is 0 Å². The number of carbonyl (C=O) groups is 2. The van der Waals surface area contributed by atoms with Crippen LogP contribution in [-0.2, 0) is 38.0 Å². The normalized spacial score (nSPS) is 58.7. The number of esters is 2. The molecule has 2 aliphatic carbocycles. The topological polar surface area (TPSA) is 110 Å². The molecule has 9 heteroatoms. The number of hydrogen-bond acceptors (Lipinski definition) is 9. The van der Waals surface area contributed by atoms with Gasteiger partial charge in [0.05, 0.1) is 16.7 Å². The van der Waals surface area contributed by atoms with Crippen LogP contribution in [0.1, 0.15) is 40.5 Å². The molecule has 4 saturated heterocycles. The van der Waals surface area contributed by atoms with Crippen molar-refractivity contribution in [2.24, 2.45) is 28.1 Å². The Bertz CT molecular complexity index is 883. The molecule has 0 amide bonds. The van der Waals surface area contributed by atoms with Gasteiger partial charge >= 0.3 is 11.9 Å². The highest BCUT2D eigenvalue weighted by Crippen LogP contribution is 2.85. The molecule has 0 aromatic heterocycles. The third kappa shape index (κ3) is 1.62. The van der Waals surface area contributed by atoms with Crippen LogP contribution in [0.4, 0.5) is 0 Å². The number of fused-ring (bicyclic) bond motifs is 1. The van der Waals surface area contributed by atoms with Gasteiger partial charge in [-0.1, -0.05) is 20.8 Å². The molecule has 172 valence electrons. The lowest BCUT2D eigenvalue weighted by atomic mass is 9.51. The fraction of sp³-hybridized carbons (Fsp3) is 0.909. The van der Waals surface area contributed by atoms with E-state index in [2.05, 4.69) is 20.8 Å². The molecule has 31 heavy (non-hydrogen) atoms.